The van der Waals surface area contributed by atoms with Gasteiger partial charge in [0.2, 0.25) is 41.4 Å². The first-order valence-corrected chi connectivity index (χ1v) is 42.1. The lowest BCUT2D eigenvalue weighted by molar-refractivity contribution is -0.412. The minimum Gasteiger partial charge on any atom is -0.394 e. The number of nitrogens with one attached hydrogen (secondary N) is 7. The van der Waals surface area contributed by atoms with Gasteiger partial charge in [0, 0.05) is 48.5 Å². The molecule has 10 saturated heterocycles. The molecule has 10 fully saturated rings. The Morgan fingerprint density at radius 2 is 0.424 bits per heavy atom. The van der Waals surface area contributed by atoms with Gasteiger partial charge in [-0.15, -0.1) is 0 Å². The van der Waals surface area contributed by atoms with Gasteiger partial charge in [-0.1, -0.05) is 0 Å². The Labute approximate surface area is 748 Å². The van der Waals surface area contributed by atoms with Crippen LogP contribution in [-0.2, 0) is 124 Å². The van der Waals surface area contributed by atoms with Crippen LogP contribution >= 0.6 is 0 Å². The molecule has 58 nitrogen and oxygen atoms in total. The highest BCUT2D eigenvalue weighted by Gasteiger charge is 2.63. The van der Waals surface area contributed by atoms with Crippen LogP contribution < -0.4 is 37.2 Å². The van der Waals surface area contributed by atoms with Gasteiger partial charge < -0.3 is 255 Å². The maximum absolute atomic E-state index is 13.6. The van der Waals surface area contributed by atoms with E-state index >= 15 is 0 Å². The first kappa shape index (κ1) is 109. The van der Waals surface area contributed by atoms with Crippen LogP contribution in [0.15, 0.2) is 0 Å². The second-order valence-electron chi connectivity index (χ2n) is 33.2. The second kappa shape index (κ2) is 47.9. The van der Waals surface area contributed by atoms with Crippen molar-refractivity contribution in [2.24, 2.45) is 0 Å². The molecule has 10 aliphatic rings. The average Bonchev–Trinajstić information content (AvgIpc) is 0.754. The topological polar surface area (TPSA) is 885 Å². The van der Waals surface area contributed by atoms with Gasteiger partial charge in [0.05, 0.1) is 66.1 Å². The summed E-state index contributed by atoms with van der Waals surface area (Å²) < 4.78 is 118. The first-order valence-electron chi connectivity index (χ1n) is 42.1. The molecule has 10 rings (SSSR count). The summed E-state index contributed by atoms with van der Waals surface area (Å²) >= 11 is 0. The van der Waals surface area contributed by atoms with Crippen molar-refractivity contribution in [3.05, 3.63) is 0 Å². The third-order valence-corrected chi connectivity index (χ3v) is 23.7. The zero-order valence-electron chi connectivity index (χ0n) is 71.7. The minimum absolute atomic E-state index is 0.838. The minimum atomic E-state index is -2.85. The number of carbonyl (C=O) groups is 7. The van der Waals surface area contributed by atoms with Crippen molar-refractivity contribution in [3.8, 4) is 0 Å². The van der Waals surface area contributed by atoms with E-state index in [0.29, 0.717) is 0 Å². The van der Waals surface area contributed by atoms with Gasteiger partial charge in [-0.25, -0.2) is 0 Å². The average molecular weight is 1930 g/mol. The van der Waals surface area contributed by atoms with E-state index in [0.717, 1.165) is 48.5 Å². The summed E-state index contributed by atoms with van der Waals surface area (Å²) in [5, 5.41) is 303. The lowest BCUT2D eigenvalue weighted by Crippen LogP contribution is -2.72. The van der Waals surface area contributed by atoms with Crippen LogP contribution in [0.1, 0.15) is 48.5 Å². The molecular formula is C74H123N7O51. The Balaban J connectivity index is 1.16. The number of aliphatic hydroxyl groups excluding tert-OH is 25. The molecule has 0 aromatic rings. The fraction of sp³-hybridized carbons (Fsp3) is 0.905. The van der Waals surface area contributed by atoms with Gasteiger partial charge >= 0.3 is 0 Å². The van der Waals surface area contributed by atoms with Crippen LogP contribution in [0.5, 0.6) is 0 Å². The summed E-state index contributed by atoms with van der Waals surface area (Å²) in [5.74, 6) is -6.63. The smallest absolute Gasteiger partial charge is 0.217 e. The van der Waals surface area contributed by atoms with Crippen molar-refractivity contribution >= 4 is 41.4 Å². The molecule has 0 saturated carbocycles. The molecule has 760 valence electrons. The van der Waals surface area contributed by atoms with E-state index in [9.17, 15) is 161 Å². The summed E-state index contributed by atoms with van der Waals surface area (Å²) in [4.78, 5) is 90.5. The van der Waals surface area contributed by atoms with E-state index in [1.54, 1.807) is 0 Å². The van der Waals surface area contributed by atoms with Crippen LogP contribution in [0.25, 0.3) is 0 Å². The third kappa shape index (κ3) is 24.9. The largest absolute Gasteiger partial charge is 0.394 e. The molecule has 50 atom stereocenters. The zero-order chi connectivity index (χ0) is 97.4. The van der Waals surface area contributed by atoms with E-state index in [2.05, 4.69) is 37.2 Å². The summed E-state index contributed by atoms with van der Waals surface area (Å²) in [7, 11) is 0. The monoisotopic (exact) mass is 1930 g/mol. The molecule has 0 aromatic carbocycles. The maximum Gasteiger partial charge on any atom is 0.217 e. The number of rotatable bonds is 35. The molecule has 58 heteroatoms. The Kier molecular flexibility index (Phi) is 39.4. The lowest BCUT2D eigenvalue weighted by atomic mass is 9.93. The van der Waals surface area contributed by atoms with Crippen LogP contribution in [-0.4, -0.2) is 542 Å². The number of ether oxygens (including phenoxy) is 19. The Bertz CT molecular complexity index is 3700. The van der Waals surface area contributed by atoms with E-state index in [1.165, 1.54) is 0 Å². The van der Waals surface area contributed by atoms with Gasteiger partial charge in [0.25, 0.3) is 0 Å². The fourth-order valence-corrected chi connectivity index (χ4v) is 17.0. The normalized spacial score (nSPS) is 46.7. The van der Waals surface area contributed by atoms with Crippen molar-refractivity contribution in [2.45, 2.75) is 355 Å². The predicted octanol–water partition coefficient (Wildman–Crippen LogP) is -21.8. The van der Waals surface area contributed by atoms with Crippen LogP contribution in [0.4, 0.5) is 0 Å². The molecule has 7 amide bonds. The first-order chi connectivity index (χ1) is 62.4. The molecule has 0 radical (unpaired) electrons. The van der Waals surface area contributed by atoms with Crippen molar-refractivity contribution < 1.29 is 251 Å². The molecule has 132 heavy (non-hydrogen) atoms. The highest BCUT2D eigenvalue weighted by molar-refractivity contribution is 5.75. The molecule has 0 spiro atoms. The van der Waals surface area contributed by atoms with Crippen LogP contribution in [0.2, 0.25) is 0 Å². The molecule has 32 N–H and O–H groups in total. The molecule has 0 unspecified atom stereocenters. The quantitative estimate of drug-likeness (QED) is 0.0280. The third-order valence-electron chi connectivity index (χ3n) is 23.7. The summed E-state index contributed by atoms with van der Waals surface area (Å²) in [6.07, 6.45) is -95.3. The van der Waals surface area contributed by atoms with Gasteiger partial charge in [-0.05, 0) is 0 Å². The Morgan fingerprint density at radius 3 is 0.780 bits per heavy atom. The van der Waals surface area contributed by atoms with Crippen LogP contribution in [0, 0.1) is 0 Å². The Hall–Kier alpha value is -5.47. The highest BCUT2D eigenvalue weighted by atomic mass is 16.8. The highest BCUT2D eigenvalue weighted by Crippen LogP contribution is 2.42. The number of hydrogen-bond acceptors (Lipinski definition) is 51. The van der Waals surface area contributed by atoms with Gasteiger partial charge in [-0.2, -0.15) is 0 Å². The van der Waals surface area contributed by atoms with Gasteiger partial charge in [0.1, 0.15) is 244 Å². The molecule has 0 aliphatic carbocycles. The molecule has 0 aromatic heterocycles. The lowest BCUT2D eigenvalue weighted by Gasteiger charge is -2.53. The van der Waals surface area contributed by atoms with Crippen molar-refractivity contribution in [2.75, 3.05) is 66.1 Å². The number of aliphatic hydroxyl groups is 25. The zero-order valence-corrected chi connectivity index (χ0v) is 71.7. The molecular weight excluding hydrogens is 1800 g/mol. The number of carbonyl (C=O) groups excluding carboxylic acids is 7. The maximum atomic E-state index is 13.6. The summed E-state index contributed by atoms with van der Waals surface area (Å²) in [6.45, 7) is -5.33. The number of hydrogen-bond donors (Lipinski definition) is 32. The van der Waals surface area contributed by atoms with E-state index in [-0.39, 0.29) is 0 Å². The molecule has 0 bridgehead atoms. The molecule has 10 heterocycles. The van der Waals surface area contributed by atoms with E-state index < -0.39 is 414 Å². The fourth-order valence-electron chi connectivity index (χ4n) is 17.0. The van der Waals surface area contributed by atoms with Crippen molar-refractivity contribution in [1.29, 1.82) is 0 Å². The number of amides is 7. The second-order valence-corrected chi connectivity index (χ2v) is 33.2. The SMILES string of the molecule is CC(=O)N[C@@H]1[C@@H](O)[C@H](O[C@@H]2O[C@H](CO)[C@@H](O[C@@H]3O[C@H](CO[C@H]4O[C@H](CO[C@@H]5O[C@H](CO)[C@@H](O)[C@H](O)[C@H]5NC(C)=O)[C@@H](O)[C@H](O)[C@@H]4O[C@@H]4O[C@H](CO)[C@@H](O)[C@H](O)[C@H]4NC(C)=O)[C@@H](O[C@@H]4O[C@H](CO)[C@@H](O)[C@H](O)[C@H]4NC(C)=O)[C@H](O[C@H]4O[C@H](CO)[C@@H](O[C@@H]5O[C@H](CO)[C@@H](O)[C@H](O)[C@H]5NC(C)=O)[C@H](O)[C@@H]4O[C@@H]4O[C@H](CO)[C@@H](O)[C@H](O)[C@H]4NC(C)=O)[C@@H]3O)[C@@H](O)[C@H]2NC(C)=O)[C@@H](CO)O[C@H]1O. The van der Waals surface area contributed by atoms with Gasteiger partial charge in [-0.3, -0.25) is 33.6 Å². The van der Waals surface area contributed by atoms with E-state index in [4.69, 9.17) is 90.0 Å². The van der Waals surface area contributed by atoms with E-state index in [1.807, 2.05) is 0 Å². The van der Waals surface area contributed by atoms with Crippen molar-refractivity contribution in [1.82, 2.24) is 37.2 Å². The standard InChI is InChI=1S/C74H123N7O51/c1-18(90)75-35-53(108)58(30(13-87)116-65(35)113)126-71-41(81-24(7)96)54(109)59(31(14-88)122-71)128-72-57(112)62(130-74-64(132-70-40(80-23(6)95)52(107)46(101)29(12-86)121-70)56(111)60(32(15-89)123-74)127-67-37(77-20(3)92)49(104)43(98)26(9-83)118-67)61(129-68-38(78-21(4)93)50(105)44(99)27(10-84)119-68)34(125-72)17-115-73-63(131-69-39(79-22(5)94)51(106)45(100)28(11-85)120-69)55(110)47(102)33(124-73)16-114-66-36(76-19(2)91)48(103)42(97)25(8-82)117-66/h25-74,82-89,97-113H,8-17H2,1-7H3,(H,75,90)(H,76,91)(H,77,92)(H,78,93)(H,79,94)(H,80,95)(H,81,96)/t25-,26-,27-,28-,29-,30-,31-,32-,33-,34-,35-,36-,37-,38-,39-,40-,41-,42-,43-,44-,45-,46-,47-,48-,49-,50-,51-,52-,53-,54+,55+,56+,57+,58-,59-,60-,61-,62-,63+,64+,65-,66-,67+,68+,69+,70+,71+,72+,73+,74-/m1/s1. The van der Waals surface area contributed by atoms with Crippen LogP contribution in [0.3, 0.4) is 0 Å². The summed E-state index contributed by atoms with van der Waals surface area (Å²) in [5.41, 5.74) is 0. The van der Waals surface area contributed by atoms with Crippen molar-refractivity contribution in [3.63, 3.8) is 0 Å². The predicted molar refractivity (Wildman–Crippen MR) is 411 cm³/mol. The summed E-state index contributed by atoms with van der Waals surface area (Å²) in [6, 6.07) is -13.4. The van der Waals surface area contributed by atoms with Gasteiger partial charge in [0.15, 0.2) is 62.9 Å². The molecule has 10 aliphatic heterocycles. The Morgan fingerprint density at radius 1 is 0.197 bits per heavy atom.